The number of nitrogens with one attached hydrogen (secondary N) is 1. The Kier molecular flexibility index (Phi) is 4.98. The molecule has 0 spiro atoms. The van der Waals surface area contributed by atoms with Gasteiger partial charge in [0.2, 0.25) is 0 Å². The maximum Gasteiger partial charge on any atom is 0.190 e. The van der Waals surface area contributed by atoms with Crippen LogP contribution in [0.4, 0.5) is 0 Å². The molecule has 2 N–H and O–H groups in total. The Labute approximate surface area is 122 Å². The second kappa shape index (κ2) is 6.53. The quantitative estimate of drug-likeness (QED) is 0.815. The van der Waals surface area contributed by atoms with E-state index in [4.69, 9.17) is 4.42 Å². The molecule has 0 aliphatic heterocycles. The molecule has 0 saturated carbocycles. The summed E-state index contributed by atoms with van der Waals surface area (Å²) in [6.07, 6.45) is 0.616. The zero-order chi connectivity index (χ0) is 14.6. The molecule has 0 fully saturated rings. The van der Waals surface area contributed by atoms with Gasteiger partial charge in [0.25, 0.3) is 0 Å². The molecule has 0 aromatic carbocycles. The first-order valence-corrected chi connectivity index (χ1v) is 8.73. The number of hydrogen-bond donors (Lipinski definition) is 2. The molecule has 2 aromatic heterocycles. The van der Waals surface area contributed by atoms with Gasteiger partial charge >= 0.3 is 0 Å². The van der Waals surface area contributed by atoms with Gasteiger partial charge in [-0.15, -0.1) is 11.3 Å². The molecule has 0 bridgehead atoms. The van der Waals surface area contributed by atoms with Crippen LogP contribution in [0.1, 0.15) is 18.7 Å². The minimum atomic E-state index is -3.41. The highest BCUT2D eigenvalue weighted by molar-refractivity contribution is 7.93. The van der Waals surface area contributed by atoms with E-state index in [2.05, 4.69) is 5.32 Å². The van der Waals surface area contributed by atoms with Crippen LogP contribution in [0.2, 0.25) is 0 Å². The topological polar surface area (TPSA) is 79.5 Å². The Morgan fingerprint density at radius 2 is 2.20 bits per heavy atom. The summed E-state index contributed by atoms with van der Waals surface area (Å²) in [7, 11) is -3.41. The third-order valence-corrected chi connectivity index (χ3v) is 6.13. The molecule has 0 amide bonds. The second-order valence-electron chi connectivity index (χ2n) is 4.51. The zero-order valence-corrected chi connectivity index (χ0v) is 12.7. The van der Waals surface area contributed by atoms with Crippen molar-refractivity contribution in [1.29, 1.82) is 0 Å². The van der Waals surface area contributed by atoms with Gasteiger partial charge in [0, 0.05) is 6.54 Å². The predicted molar refractivity (Wildman–Crippen MR) is 77.5 cm³/mol. The maximum absolute atomic E-state index is 12.0. The van der Waals surface area contributed by atoms with E-state index in [1.807, 2.05) is 13.0 Å². The number of sulfone groups is 1. The van der Waals surface area contributed by atoms with E-state index < -0.39 is 15.9 Å². The summed E-state index contributed by atoms with van der Waals surface area (Å²) in [5.74, 6) is 0.462. The number of thiophene rings is 1. The van der Waals surface area contributed by atoms with Gasteiger partial charge in [-0.3, -0.25) is 0 Å². The van der Waals surface area contributed by atoms with Crippen LogP contribution in [0.5, 0.6) is 0 Å². The monoisotopic (exact) mass is 315 g/mol. The van der Waals surface area contributed by atoms with Crippen molar-refractivity contribution in [2.45, 2.75) is 23.3 Å². The standard InChI is InChI=1S/C13H17NO4S2/c1-10(12-4-2-6-18-12)14-8-11(15)9-20(16,17)13-5-3-7-19-13/h2-7,10-11,14-15H,8-9H2,1H3. The summed E-state index contributed by atoms with van der Waals surface area (Å²) in [4.78, 5) is 0. The van der Waals surface area contributed by atoms with E-state index in [-0.39, 0.29) is 22.5 Å². The lowest BCUT2D eigenvalue weighted by Gasteiger charge is -2.15. The fraction of sp³-hybridized carbons (Fsp3) is 0.385. The number of furan rings is 1. The lowest BCUT2D eigenvalue weighted by Crippen LogP contribution is -2.33. The highest BCUT2D eigenvalue weighted by Crippen LogP contribution is 2.18. The van der Waals surface area contributed by atoms with Crippen molar-refractivity contribution >= 4 is 21.2 Å². The molecular formula is C13H17NO4S2. The van der Waals surface area contributed by atoms with Gasteiger partial charge in [-0.1, -0.05) is 6.07 Å². The molecule has 2 rings (SSSR count). The summed E-state index contributed by atoms with van der Waals surface area (Å²) in [6.45, 7) is 2.08. The zero-order valence-electron chi connectivity index (χ0n) is 11.0. The molecule has 7 heteroatoms. The highest BCUT2D eigenvalue weighted by Gasteiger charge is 2.21. The molecule has 5 nitrogen and oxygen atoms in total. The molecule has 2 aromatic rings. The van der Waals surface area contributed by atoms with Crippen LogP contribution in [0.25, 0.3) is 0 Å². The SMILES string of the molecule is CC(NCC(O)CS(=O)(=O)c1cccs1)c1ccco1. The maximum atomic E-state index is 12.0. The van der Waals surface area contributed by atoms with Crippen molar-refractivity contribution in [3.05, 3.63) is 41.7 Å². The number of aliphatic hydroxyl groups is 1. The lowest BCUT2D eigenvalue weighted by atomic mass is 10.2. The summed E-state index contributed by atoms with van der Waals surface area (Å²) in [5, 5.41) is 14.6. The van der Waals surface area contributed by atoms with Crippen molar-refractivity contribution in [2.75, 3.05) is 12.3 Å². The Morgan fingerprint density at radius 3 is 2.80 bits per heavy atom. The molecule has 0 radical (unpaired) electrons. The Balaban J connectivity index is 1.85. The second-order valence-corrected chi connectivity index (χ2v) is 7.72. The minimum Gasteiger partial charge on any atom is -0.468 e. The Hall–Kier alpha value is -1.15. The fourth-order valence-corrected chi connectivity index (χ4v) is 4.27. The average Bonchev–Trinajstić information content (AvgIpc) is 3.07. The number of rotatable bonds is 7. The molecular weight excluding hydrogens is 298 g/mol. The van der Waals surface area contributed by atoms with Crippen LogP contribution in [0.15, 0.2) is 44.5 Å². The van der Waals surface area contributed by atoms with Crippen LogP contribution in [0, 0.1) is 0 Å². The third-order valence-electron chi connectivity index (χ3n) is 2.84. The molecule has 0 aliphatic rings. The van der Waals surface area contributed by atoms with Crippen LogP contribution in [-0.4, -0.2) is 31.9 Å². The highest BCUT2D eigenvalue weighted by atomic mass is 32.2. The van der Waals surface area contributed by atoms with Crippen molar-refractivity contribution in [2.24, 2.45) is 0 Å². The van der Waals surface area contributed by atoms with Gasteiger partial charge in [0.1, 0.15) is 9.97 Å². The van der Waals surface area contributed by atoms with Gasteiger partial charge in [0.05, 0.1) is 24.2 Å². The van der Waals surface area contributed by atoms with Crippen LogP contribution >= 0.6 is 11.3 Å². The molecule has 2 unspecified atom stereocenters. The van der Waals surface area contributed by atoms with E-state index in [0.29, 0.717) is 0 Å². The van der Waals surface area contributed by atoms with E-state index >= 15 is 0 Å². The van der Waals surface area contributed by atoms with Gasteiger partial charge in [-0.2, -0.15) is 0 Å². The first-order chi connectivity index (χ1) is 9.49. The molecule has 0 aliphatic carbocycles. The van der Waals surface area contributed by atoms with Gasteiger partial charge < -0.3 is 14.8 Å². The summed E-state index contributed by atoms with van der Waals surface area (Å²) >= 11 is 1.16. The molecule has 0 saturated heterocycles. The minimum absolute atomic E-state index is 0.0795. The summed E-state index contributed by atoms with van der Waals surface area (Å²) in [6, 6.07) is 6.76. The normalized spacial score (nSPS) is 15.1. The van der Waals surface area contributed by atoms with Gasteiger partial charge in [-0.05, 0) is 30.5 Å². The lowest BCUT2D eigenvalue weighted by molar-refractivity contribution is 0.187. The van der Waals surface area contributed by atoms with E-state index in [1.165, 1.54) is 0 Å². The van der Waals surface area contributed by atoms with Crippen LogP contribution in [-0.2, 0) is 9.84 Å². The summed E-state index contributed by atoms with van der Waals surface area (Å²) < 4.78 is 29.5. The third kappa shape index (κ3) is 3.92. The molecule has 110 valence electrons. The Morgan fingerprint density at radius 1 is 1.40 bits per heavy atom. The van der Waals surface area contributed by atoms with E-state index in [9.17, 15) is 13.5 Å². The molecule has 20 heavy (non-hydrogen) atoms. The number of hydrogen-bond acceptors (Lipinski definition) is 6. The molecule has 2 atom stereocenters. The van der Waals surface area contributed by atoms with E-state index in [0.717, 1.165) is 17.1 Å². The summed E-state index contributed by atoms with van der Waals surface area (Å²) in [5.41, 5.74) is 0. The average molecular weight is 315 g/mol. The fourth-order valence-electron chi connectivity index (χ4n) is 1.79. The van der Waals surface area contributed by atoms with Crippen LogP contribution < -0.4 is 5.32 Å². The first-order valence-electron chi connectivity index (χ1n) is 6.20. The largest absolute Gasteiger partial charge is 0.468 e. The van der Waals surface area contributed by atoms with Gasteiger partial charge in [-0.25, -0.2) is 8.42 Å². The van der Waals surface area contributed by atoms with E-state index in [1.54, 1.807) is 29.8 Å². The Bertz CT molecular complexity index is 605. The van der Waals surface area contributed by atoms with Crippen LogP contribution in [0.3, 0.4) is 0 Å². The predicted octanol–water partition coefficient (Wildman–Crippen LogP) is 1.83. The number of aliphatic hydroxyl groups excluding tert-OH is 1. The molecule has 2 heterocycles. The van der Waals surface area contributed by atoms with Crippen molar-refractivity contribution in [3.63, 3.8) is 0 Å². The smallest absolute Gasteiger partial charge is 0.190 e. The van der Waals surface area contributed by atoms with Crippen molar-refractivity contribution < 1.29 is 17.9 Å². The van der Waals surface area contributed by atoms with Crippen molar-refractivity contribution in [1.82, 2.24) is 5.32 Å². The first kappa shape index (κ1) is 15.2. The van der Waals surface area contributed by atoms with Gasteiger partial charge in [0.15, 0.2) is 9.84 Å². The van der Waals surface area contributed by atoms with Crippen molar-refractivity contribution in [3.8, 4) is 0 Å².